The summed E-state index contributed by atoms with van der Waals surface area (Å²) in [7, 11) is 2.28. The quantitative estimate of drug-likeness (QED) is 0.215. The monoisotopic (exact) mass is 330 g/mol. The van der Waals surface area contributed by atoms with Gasteiger partial charge in [-0.15, -0.1) is 0 Å². The van der Waals surface area contributed by atoms with Gasteiger partial charge in [-0.2, -0.15) is 0 Å². The van der Waals surface area contributed by atoms with Crippen molar-refractivity contribution in [2.45, 2.75) is 109 Å². The Morgan fingerprint density at radius 3 is 1.14 bits per heavy atom. The van der Waals surface area contributed by atoms with E-state index in [1.807, 2.05) is 0 Å². The molecule has 0 spiro atoms. The molecule has 0 rings (SSSR count). The van der Waals surface area contributed by atoms with Crippen LogP contribution < -0.4 is 0 Å². The van der Waals surface area contributed by atoms with Gasteiger partial charge in [0.05, 0.1) is 0 Å². The minimum atomic E-state index is -1.28. The van der Waals surface area contributed by atoms with Crippen molar-refractivity contribution in [3.8, 4) is 0 Å². The topological polar surface area (TPSA) is 18.5 Å². The highest BCUT2D eigenvalue weighted by Gasteiger charge is 2.07. The van der Waals surface area contributed by atoms with Gasteiger partial charge in [0.1, 0.15) is 0 Å². The molecule has 0 radical (unpaired) electrons. The van der Waals surface area contributed by atoms with Crippen molar-refractivity contribution in [2.24, 2.45) is 0 Å². The Hall–Kier alpha value is 0.137. The van der Waals surface area contributed by atoms with Gasteiger partial charge in [0.15, 0.2) is 0 Å². The summed E-state index contributed by atoms with van der Waals surface area (Å²) in [6.07, 6.45) is 21.4. The highest BCUT2D eigenvalue weighted by molar-refractivity contribution is 6.44. The fourth-order valence-corrected chi connectivity index (χ4v) is 4.30. The maximum Gasteiger partial charge on any atom is 0.320 e. The standard InChI is InChI=1S/C19H42O2Si/c1-4-5-6-7-8-9-10-11-12-13-14-15-16-17-18-19-22(20-2)21-3/h22H,4-19H2,1-3H3. The summed E-state index contributed by atoms with van der Waals surface area (Å²) < 4.78 is 10.7. The van der Waals surface area contributed by atoms with Gasteiger partial charge in [-0.25, -0.2) is 0 Å². The highest BCUT2D eigenvalue weighted by atomic mass is 28.3. The van der Waals surface area contributed by atoms with Crippen LogP contribution in [0.1, 0.15) is 103 Å². The smallest absolute Gasteiger partial charge is 0.320 e. The first-order valence-corrected chi connectivity index (χ1v) is 11.7. The summed E-state index contributed by atoms with van der Waals surface area (Å²) >= 11 is 0. The Bertz CT molecular complexity index is 196. The van der Waals surface area contributed by atoms with E-state index in [0.29, 0.717) is 0 Å². The number of unbranched alkanes of at least 4 members (excludes halogenated alkanes) is 14. The molecule has 2 nitrogen and oxygen atoms in total. The third-order valence-electron chi connectivity index (χ3n) is 4.57. The van der Waals surface area contributed by atoms with Gasteiger partial charge in [0, 0.05) is 14.2 Å². The molecule has 134 valence electrons. The predicted octanol–water partition coefficient (Wildman–Crippen LogP) is 6.37. The normalized spacial score (nSPS) is 11.5. The first kappa shape index (κ1) is 22.1. The Morgan fingerprint density at radius 2 is 0.818 bits per heavy atom. The summed E-state index contributed by atoms with van der Waals surface area (Å²) in [5.41, 5.74) is 0. The van der Waals surface area contributed by atoms with Crippen molar-refractivity contribution in [1.82, 2.24) is 0 Å². The lowest BCUT2D eigenvalue weighted by molar-refractivity contribution is 0.276. The molecule has 22 heavy (non-hydrogen) atoms. The SMILES string of the molecule is CCCCCCCCCCCCCCCCC[SiH](OC)OC. The first-order chi connectivity index (χ1) is 10.8. The van der Waals surface area contributed by atoms with Gasteiger partial charge >= 0.3 is 9.28 Å². The van der Waals surface area contributed by atoms with E-state index in [4.69, 9.17) is 8.85 Å². The molecule has 0 aliphatic heterocycles. The lowest BCUT2D eigenvalue weighted by Crippen LogP contribution is -2.18. The van der Waals surface area contributed by atoms with E-state index >= 15 is 0 Å². The Morgan fingerprint density at radius 1 is 0.500 bits per heavy atom. The van der Waals surface area contributed by atoms with Crippen LogP contribution in [0.3, 0.4) is 0 Å². The fourth-order valence-electron chi connectivity index (χ4n) is 3.01. The molecule has 0 amide bonds. The summed E-state index contributed by atoms with van der Waals surface area (Å²) in [6.45, 7) is 2.29. The van der Waals surface area contributed by atoms with Gasteiger partial charge in [-0.3, -0.25) is 0 Å². The summed E-state index contributed by atoms with van der Waals surface area (Å²) in [6, 6.07) is 1.17. The predicted molar refractivity (Wildman–Crippen MR) is 101 cm³/mol. The van der Waals surface area contributed by atoms with E-state index in [2.05, 4.69) is 6.92 Å². The molecule has 0 N–H and O–H groups in total. The lowest BCUT2D eigenvalue weighted by Gasteiger charge is -2.10. The molecule has 0 heterocycles. The first-order valence-electron chi connectivity index (χ1n) is 9.90. The van der Waals surface area contributed by atoms with Gasteiger partial charge < -0.3 is 8.85 Å². The highest BCUT2D eigenvalue weighted by Crippen LogP contribution is 2.14. The molecule has 0 fully saturated rings. The van der Waals surface area contributed by atoms with Crippen molar-refractivity contribution < 1.29 is 8.85 Å². The zero-order valence-electron chi connectivity index (χ0n) is 15.7. The molecule has 0 aliphatic rings. The molecule has 0 aromatic carbocycles. The molecular formula is C19H42O2Si. The molecule has 0 aromatic heterocycles. The minimum Gasteiger partial charge on any atom is -0.400 e. The fraction of sp³-hybridized carbons (Fsp3) is 1.00. The molecule has 0 saturated carbocycles. The number of rotatable bonds is 18. The van der Waals surface area contributed by atoms with Crippen molar-refractivity contribution in [3.63, 3.8) is 0 Å². The molecule has 0 atom stereocenters. The van der Waals surface area contributed by atoms with E-state index < -0.39 is 9.28 Å². The second kappa shape index (κ2) is 19.2. The van der Waals surface area contributed by atoms with E-state index in [1.165, 1.54) is 102 Å². The van der Waals surface area contributed by atoms with Crippen LogP contribution in [0.2, 0.25) is 6.04 Å². The zero-order valence-corrected chi connectivity index (χ0v) is 16.9. The van der Waals surface area contributed by atoms with E-state index in [9.17, 15) is 0 Å². The summed E-state index contributed by atoms with van der Waals surface area (Å²) in [5.74, 6) is 0. The van der Waals surface area contributed by atoms with E-state index in [-0.39, 0.29) is 0 Å². The molecule has 0 bridgehead atoms. The van der Waals surface area contributed by atoms with E-state index in [1.54, 1.807) is 14.2 Å². The van der Waals surface area contributed by atoms with Crippen molar-refractivity contribution in [3.05, 3.63) is 0 Å². The lowest BCUT2D eigenvalue weighted by atomic mass is 10.0. The largest absolute Gasteiger partial charge is 0.400 e. The molecule has 0 unspecified atom stereocenters. The van der Waals surface area contributed by atoms with Crippen LogP contribution in [0.15, 0.2) is 0 Å². The van der Waals surface area contributed by atoms with Crippen LogP contribution in [0, 0.1) is 0 Å². The Balaban J connectivity index is 3.02. The van der Waals surface area contributed by atoms with Crippen molar-refractivity contribution in [1.29, 1.82) is 0 Å². The van der Waals surface area contributed by atoms with Crippen LogP contribution in [-0.2, 0) is 8.85 Å². The molecule has 3 heteroatoms. The summed E-state index contributed by atoms with van der Waals surface area (Å²) in [4.78, 5) is 0. The van der Waals surface area contributed by atoms with Crippen LogP contribution in [-0.4, -0.2) is 23.5 Å². The Kier molecular flexibility index (Phi) is 19.3. The van der Waals surface area contributed by atoms with Gasteiger partial charge in [0.2, 0.25) is 0 Å². The molecular weight excluding hydrogens is 288 g/mol. The van der Waals surface area contributed by atoms with Gasteiger partial charge in [0.25, 0.3) is 0 Å². The van der Waals surface area contributed by atoms with Gasteiger partial charge in [-0.1, -0.05) is 103 Å². The second-order valence-electron chi connectivity index (χ2n) is 6.64. The van der Waals surface area contributed by atoms with Crippen molar-refractivity contribution >= 4 is 9.28 Å². The maximum atomic E-state index is 5.34. The van der Waals surface area contributed by atoms with Crippen LogP contribution in [0.4, 0.5) is 0 Å². The molecule has 0 aromatic rings. The zero-order chi connectivity index (χ0) is 16.3. The third-order valence-corrected chi connectivity index (χ3v) is 6.50. The minimum absolute atomic E-state index is 1.17. The van der Waals surface area contributed by atoms with Gasteiger partial charge in [-0.05, 0) is 6.04 Å². The number of hydrogen-bond acceptors (Lipinski definition) is 2. The average Bonchev–Trinajstić information content (AvgIpc) is 2.55. The molecule has 0 aliphatic carbocycles. The number of hydrogen-bond donors (Lipinski definition) is 0. The van der Waals surface area contributed by atoms with Crippen LogP contribution in [0.25, 0.3) is 0 Å². The van der Waals surface area contributed by atoms with E-state index in [0.717, 1.165) is 0 Å². The van der Waals surface area contributed by atoms with Crippen molar-refractivity contribution in [2.75, 3.05) is 14.2 Å². The molecule has 0 saturated heterocycles. The Labute approximate surface area is 142 Å². The third kappa shape index (κ3) is 16.5. The van der Waals surface area contributed by atoms with Crippen LogP contribution >= 0.6 is 0 Å². The average molecular weight is 331 g/mol. The second-order valence-corrected chi connectivity index (χ2v) is 9.02. The van der Waals surface area contributed by atoms with Crippen LogP contribution in [0.5, 0.6) is 0 Å². The summed E-state index contributed by atoms with van der Waals surface area (Å²) in [5, 5.41) is 0. The maximum absolute atomic E-state index is 5.34.